The van der Waals surface area contributed by atoms with E-state index in [1.54, 1.807) is 37.4 Å². The molecule has 2 aliphatic heterocycles. The zero-order chi connectivity index (χ0) is 27.7. The van der Waals surface area contributed by atoms with E-state index in [0.29, 0.717) is 22.6 Å². The largest absolute Gasteiger partial charge is 0.497 e. The van der Waals surface area contributed by atoms with Gasteiger partial charge >= 0.3 is 6.18 Å². The highest BCUT2D eigenvalue weighted by Crippen LogP contribution is 2.34. The van der Waals surface area contributed by atoms with Crippen LogP contribution in [0.3, 0.4) is 0 Å². The quantitative estimate of drug-likeness (QED) is 0.529. The van der Waals surface area contributed by atoms with Crippen molar-refractivity contribution in [3.8, 4) is 22.6 Å². The number of piperazine rings is 1. The molecule has 0 aliphatic carbocycles. The highest BCUT2D eigenvalue weighted by Gasteiger charge is 2.40. The molecule has 1 saturated heterocycles. The van der Waals surface area contributed by atoms with Crippen LogP contribution in [0.25, 0.3) is 11.1 Å². The molecule has 3 amide bonds. The van der Waals surface area contributed by atoms with Gasteiger partial charge in [0.25, 0.3) is 11.8 Å². The first-order chi connectivity index (χ1) is 18.6. The summed E-state index contributed by atoms with van der Waals surface area (Å²) < 4.78 is 50.3. The van der Waals surface area contributed by atoms with Gasteiger partial charge in [0, 0.05) is 13.1 Å². The number of hydrogen-bond acceptors (Lipinski definition) is 5. The van der Waals surface area contributed by atoms with E-state index in [-0.39, 0.29) is 43.4 Å². The van der Waals surface area contributed by atoms with Crippen LogP contribution in [-0.4, -0.2) is 66.9 Å². The minimum absolute atomic E-state index is 0.0170. The molecule has 1 N–H and O–H groups in total. The summed E-state index contributed by atoms with van der Waals surface area (Å²) in [6.07, 6.45) is -4.50. The van der Waals surface area contributed by atoms with Crippen molar-refractivity contribution in [1.82, 2.24) is 9.80 Å². The Morgan fingerprint density at radius 1 is 0.974 bits per heavy atom. The average Bonchev–Trinajstić information content (AvgIpc) is 3.05. The number of carbonyl (C=O) groups is 3. The van der Waals surface area contributed by atoms with Crippen LogP contribution in [0.4, 0.5) is 18.9 Å². The molecule has 0 bridgehead atoms. The number of nitrogens with zero attached hydrogens (tertiary/aromatic N) is 2. The van der Waals surface area contributed by atoms with Crippen LogP contribution in [0, 0.1) is 0 Å². The van der Waals surface area contributed by atoms with Crippen LogP contribution < -0.4 is 14.8 Å². The summed E-state index contributed by atoms with van der Waals surface area (Å²) in [6.45, 7) is 0.0490. The van der Waals surface area contributed by atoms with Crippen molar-refractivity contribution in [2.45, 2.75) is 12.2 Å². The van der Waals surface area contributed by atoms with E-state index in [0.717, 1.165) is 12.1 Å². The lowest BCUT2D eigenvalue weighted by Crippen LogP contribution is -2.60. The van der Waals surface area contributed by atoms with Gasteiger partial charge in [0.15, 0.2) is 6.61 Å². The standard InChI is InChI=1S/C28H24F3N3O5/c1-38-20-6-8-21(9-7-20)39-16-25(35)33-11-12-34-24(15-33)26(36)32-23-10-5-18(14-22(23)27(34)37)17-3-2-4-19(13-17)28(29,30)31/h2-10,13-14,24H,11-12,15-16H2,1H3,(H,32,36). The summed E-state index contributed by atoms with van der Waals surface area (Å²) in [5.41, 5.74) is 0.329. The van der Waals surface area contributed by atoms with Crippen LogP contribution >= 0.6 is 0 Å². The van der Waals surface area contributed by atoms with Gasteiger partial charge in [0.1, 0.15) is 17.5 Å². The number of anilines is 1. The van der Waals surface area contributed by atoms with Crippen molar-refractivity contribution >= 4 is 23.4 Å². The number of alkyl halides is 3. The van der Waals surface area contributed by atoms with Crippen molar-refractivity contribution in [3.63, 3.8) is 0 Å². The lowest BCUT2D eigenvalue weighted by Gasteiger charge is -2.39. The molecule has 3 aromatic carbocycles. The van der Waals surface area contributed by atoms with Gasteiger partial charge in [-0.25, -0.2) is 0 Å². The second-order valence-electron chi connectivity index (χ2n) is 9.15. The number of amides is 3. The summed E-state index contributed by atoms with van der Waals surface area (Å²) in [7, 11) is 1.54. The first kappa shape index (κ1) is 26.1. The molecular formula is C28H24F3N3O5. The van der Waals surface area contributed by atoms with Crippen molar-refractivity contribution in [2.75, 3.05) is 38.7 Å². The van der Waals surface area contributed by atoms with Crippen molar-refractivity contribution in [2.24, 2.45) is 0 Å². The molecule has 39 heavy (non-hydrogen) atoms. The number of fused-ring (bicyclic) bond motifs is 2. The Morgan fingerprint density at radius 2 is 1.69 bits per heavy atom. The Morgan fingerprint density at radius 3 is 2.41 bits per heavy atom. The highest BCUT2D eigenvalue weighted by atomic mass is 19.4. The highest BCUT2D eigenvalue weighted by molar-refractivity contribution is 6.10. The Hall–Kier alpha value is -4.54. The maximum atomic E-state index is 13.5. The molecule has 0 aromatic heterocycles. The average molecular weight is 540 g/mol. The summed E-state index contributed by atoms with van der Waals surface area (Å²) >= 11 is 0. The molecule has 3 aromatic rings. The number of ether oxygens (including phenoxy) is 2. The van der Waals surface area contributed by atoms with Gasteiger partial charge in [-0.05, 0) is 59.7 Å². The number of hydrogen-bond donors (Lipinski definition) is 1. The van der Waals surface area contributed by atoms with Crippen LogP contribution in [0.2, 0.25) is 0 Å². The molecule has 5 rings (SSSR count). The van der Waals surface area contributed by atoms with Crippen molar-refractivity contribution in [1.29, 1.82) is 0 Å². The van der Waals surface area contributed by atoms with Gasteiger partial charge in [-0.15, -0.1) is 0 Å². The molecule has 1 fully saturated rings. The van der Waals surface area contributed by atoms with E-state index in [9.17, 15) is 27.6 Å². The Balaban J connectivity index is 1.31. The van der Waals surface area contributed by atoms with Gasteiger partial charge in [0.2, 0.25) is 5.91 Å². The van der Waals surface area contributed by atoms with Gasteiger partial charge in [-0.2, -0.15) is 13.2 Å². The lowest BCUT2D eigenvalue weighted by molar-refractivity contribution is -0.138. The third kappa shape index (κ3) is 5.38. The molecule has 0 saturated carbocycles. The molecule has 8 nitrogen and oxygen atoms in total. The van der Waals surface area contributed by atoms with Crippen molar-refractivity contribution < 1.29 is 37.0 Å². The normalized spacial score (nSPS) is 17.1. The van der Waals surface area contributed by atoms with Crippen LogP contribution in [0.15, 0.2) is 66.7 Å². The third-order valence-electron chi connectivity index (χ3n) is 6.75. The van der Waals surface area contributed by atoms with Gasteiger partial charge in [0.05, 0.1) is 30.5 Å². The Kier molecular flexibility index (Phi) is 6.90. The van der Waals surface area contributed by atoms with E-state index < -0.39 is 29.6 Å². The summed E-state index contributed by atoms with van der Waals surface area (Å²) in [4.78, 5) is 42.2. The van der Waals surface area contributed by atoms with Gasteiger partial charge in [-0.3, -0.25) is 14.4 Å². The topological polar surface area (TPSA) is 88.2 Å². The third-order valence-corrected chi connectivity index (χ3v) is 6.75. The first-order valence-electron chi connectivity index (χ1n) is 12.1. The number of rotatable bonds is 5. The molecular weight excluding hydrogens is 515 g/mol. The van der Waals surface area contributed by atoms with E-state index in [4.69, 9.17) is 9.47 Å². The van der Waals surface area contributed by atoms with Crippen molar-refractivity contribution in [3.05, 3.63) is 77.9 Å². The van der Waals surface area contributed by atoms with Gasteiger partial charge < -0.3 is 24.6 Å². The first-order valence-corrected chi connectivity index (χ1v) is 12.1. The minimum atomic E-state index is -4.50. The Labute approximate surface area is 221 Å². The molecule has 0 radical (unpaired) electrons. The smallest absolute Gasteiger partial charge is 0.416 e. The summed E-state index contributed by atoms with van der Waals surface area (Å²) in [5, 5.41) is 2.73. The fraction of sp³-hybridized carbons (Fsp3) is 0.250. The molecule has 2 aliphatic rings. The maximum absolute atomic E-state index is 13.5. The SMILES string of the molecule is COc1ccc(OCC(=O)N2CCN3C(=O)c4cc(-c5cccc(C(F)(F)F)c5)ccc4NC(=O)C3C2)cc1. The number of halogens is 3. The molecule has 202 valence electrons. The second kappa shape index (κ2) is 10.3. The van der Waals surface area contributed by atoms with Crippen LogP contribution in [0.1, 0.15) is 15.9 Å². The van der Waals surface area contributed by atoms with E-state index in [1.807, 2.05) is 0 Å². The maximum Gasteiger partial charge on any atom is 0.416 e. The molecule has 0 spiro atoms. The van der Waals surface area contributed by atoms with E-state index >= 15 is 0 Å². The molecule has 1 atom stereocenters. The van der Waals surface area contributed by atoms with Crippen LogP contribution in [-0.2, 0) is 15.8 Å². The number of carbonyl (C=O) groups excluding carboxylic acids is 3. The minimum Gasteiger partial charge on any atom is -0.497 e. The molecule has 2 heterocycles. The Bertz CT molecular complexity index is 1420. The zero-order valence-electron chi connectivity index (χ0n) is 20.8. The second-order valence-corrected chi connectivity index (χ2v) is 9.15. The number of methoxy groups -OCH3 is 1. The monoisotopic (exact) mass is 539 g/mol. The van der Waals surface area contributed by atoms with Gasteiger partial charge in [-0.1, -0.05) is 18.2 Å². The lowest BCUT2D eigenvalue weighted by atomic mass is 9.99. The fourth-order valence-electron chi connectivity index (χ4n) is 4.64. The molecule has 11 heteroatoms. The number of nitrogens with one attached hydrogen (secondary N) is 1. The molecule has 1 unspecified atom stereocenters. The summed E-state index contributed by atoms with van der Waals surface area (Å²) in [6, 6.07) is 15.2. The number of benzene rings is 3. The van der Waals surface area contributed by atoms with Crippen LogP contribution in [0.5, 0.6) is 11.5 Å². The fourth-order valence-corrected chi connectivity index (χ4v) is 4.64. The van der Waals surface area contributed by atoms with E-state index in [1.165, 1.54) is 34.1 Å². The van der Waals surface area contributed by atoms with E-state index in [2.05, 4.69) is 5.32 Å². The zero-order valence-corrected chi connectivity index (χ0v) is 20.8. The predicted octanol–water partition coefficient (Wildman–Crippen LogP) is 4.07. The predicted molar refractivity (Wildman–Crippen MR) is 135 cm³/mol. The summed E-state index contributed by atoms with van der Waals surface area (Å²) in [5.74, 6) is -0.0976.